The Labute approximate surface area is 459 Å². The number of rotatable bonds is 59. The monoisotopic (exact) mass is 1050 g/mol. The van der Waals surface area contributed by atoms with Crippen molar-refractivity contribution in [1.82, 2.24) is 5.32 Å². The molecular formula is C65H129NO8. The molecule has 0 bridgehead atoms. The zero-order valence-electron chi connectivity index (χ0n) is 49.4. The predicted molar refractivity (Wildman–Crippen MR) is 314 cm³/mol. The van der Waals surface area contributed by atoms with Gasteiger partial charge in [0.15, 0.2) is 6.29 Å². The molecule has 0 saturated carbocycles. The minimum absolute atomic E-state index is 0.131. The molecule has 0 aromatic heterocycles. The van der Waals surface area contributed by atoms with Crippen LogP contribution >= 0.6 is 0 Å². The first-order valence-electron chi connectivity index (χ1n) is 33.2. The summed E-state index contributed by atoms with van der Waals surface area (Å²) in [6.07, 6.45) is 61.8. The molecule has 0 aromatic carbocycles. The number of hydrogen-bond donors (Lipinski definition) is 6. The highest BCUT2D eigenvalue weighted by molar-refractivity contribution is 5.76. The van der Waals surface area contributed by atoms with E-state index < -0.39 is 49.5 Å². The van der Waals surface area contributed by atoms with E-state index >= 15 is 0 Å². The van der Waals surface area contributed by atoms with Crippen molar-refractivity contribution in [2.24, 2.45) is 0 Å². The van der Waals surface area contributed by atoms with E-state index in [9.17, 15) is 30.3 Å². The minimum atomic E-state index is -1.55. The first-order valence-corrected chi connectivity index (χ1v) is 33.2. The van der Waals surface area contributed by atoms with Gasteiger partial charge in [0.05, 0.1) is 25.4 Å². The van der Waals surface area contributed by atoms with Crippen LogP contribution in [0.25, 0.3) is 0 Å². The maximum atomic E-state index is 13.1. The van der Waals surface area contributed by atoms with Gasteiger partial charge in [-0.25, -0.2) is 0 Å². The highest BCUT2D eigenvalue weighted by Gasteiger charge is 2.44. The van der Waals surface area contributed by atoms with Gasteiger partial charge < -0.3 is 40.3 Å². The van der Waals surface area contributed by atoms with E-state index in [-0.39, 0.29) is 12.5 Å². The summed E-state index contributed by atoms with van der Waals surface area (Å²) in [6, 6.07) is -0.714. The van der Waals surface area contributed by atoms with Crippen molar-refractivity contribution >= 4 is 5.91 Å². The molecule has 1 fully saturated rings. The maximum absolute atomic E-state index is 13.1. The van der Waals surface area contributed by atoms with E-state index in [1.165, 1.54) is 289 Å². The average molecular weight is 1050 g/mol. The highest BCUT2D eigenvalue weighted by atomic mass is 16.7. The molecule has 1 rings (SSSR count). The molecule has 9 nitrogen and oxygen atoms in total. The van der Waals surface area contributed by atoms with Crippen LogP contribution in [0.15, 0.2) is 0 Å². The Bertz CT molecular complexity index is 1130. The number of hydrogen-bond acceptors (Lipinski definition) is 8. The van der Waals surface area contributed by atoms with Crippen LogP contribution in [0.5, 0.6) is 0 Å². The number of nitrogens with one attached hydrogen (secondary N) is 1. The molecule has 9 heteroatoms. The molecule has 442 valence electrons. The number of unbranched alkanes of at least 4 members (excludes halogenated alkanes) is 49. The van der Waals surface area contributed by atoms with Crippen LogP contribution in [0.1, 0.15) is 354 Å². The molecule has 1 aliphatic rings. The number of ether oxygens (including phenoxy) is 2. The van der Waals surface area contributed by atoms with Crippen LogP contribution < -0.4 is 5.32 Å². The zero-order chi connectivity index (χ0) is 53.6. The van der Waals surface area contributed by atoms with Gasteiger partial charge in [0.2, 0.25) is 5.91 Å². The molecule has 1 heterocycles. The van der Waals surface area contributed by atoms with Crippen LogP contribution in [0.4, 0.5) is 0 Å². The Balaban J connectivity index is 2.04. The van der Waals surface area contributed by atoms with Gasteiger partial charge >= 0.3 is 0 Å². The lowest BCUT2D eigenvalue weighted by Crippen LogP contribution is -2.60. The van der Waals surface area contributed by atoms with Crippen molar-refractivity contribution in [2.45, 2.75) is 397 Å². The second-order valence-electron chi connectivity index (χ2n) is 23.6. The SMILES string of the molecule is CCCCCCCCCCCCCCCCCCCCCCCCCCCCCCCCCCCCCC(=O)N[C@@H](CO[C@@H]1O[C@H](CO)[C@H](O)C(O)C1O)[C@H](O)CCCCCCCCCCCCCCCCCC. The van der Waals surface area contributed by atoms with Gasteiger partial charge in [0.25, 0.3) is 0 Å². The van der Waals surface area contributed by atoms with E-state index in [4.69, 9.17) is 9.47 Å². The Morgan fingerprint density at radius 2 is 0.676 bits per heavy atom. The molecule has 0 radical (unpaired) electrons. The van der Waals surface area contributed by atoms with Crippen LogP contribution in [0.3, 0.4) is 0 Å². The van der Waals surface area contributed by atoms with Crippen LogP contribution in [-0.2, 0) is 14.3 Å². The molecular weight excluding hydrogens is 923 g/mol. The van der Waals surface area contributed by atoms with Crippen molar-refractivity contribution in [1.29, 1.82) is 0 Å². The Morgan fingerprint density at radius 3 is 0.959 bits per heavy atom. The molecule has 1 aliphatic heterocycles. The predicted octanol–water partition coefficient (Wildman–Crippen LogP) is 17.4. The van der Waals surface area contributed by atoms with Gasteiger partial charge in [0.1, 0.15) is 24.4 Å². The third-order valence-corrected chi connectivity index (χ3v) is 16.5. The fourth-order valence-corrected chi connectivity index (χ4v) is 11.2. The van der Waals surface area contributed by atoms with Gasteiger partial charge in [-0.15, -0.1) is 0 Å². The quantitative estimate of drug-likeness (QED) is 0.0330. The fraction of sp³-hybridized carbons (Fsp3) is 0.985. The summed E-state index contributed by atoms with van der Waals surface area (Å²) < 4.78 is 11.3. The topological polar surface area (TPSA) is 149 Å². The van der Waals surface area contributed by atoms with Gasteiger partial charge in [-0.05, 0) is 12.8 Å². The number of carbonyl (C=O) groups excluding carboxylic acids is 1. The third kappa shape index (κ3) is 44.1. The molecule has 74 heavy (non-hydrogen) atoms. The van der Waals surface area contributed by atoms with E-state index in [1.807, 2.05) is 0 Å². The lowest BCUT2D eigenvalue weighted by Gasteiger charge is -2.40. The Kier molecular flexibility index (Phi) is 53.4. The Morgan fingerprint density at radius 1 is 0.405 bits per heavy atom. The summed E-state index contributed by atoms with van der Waals surface area (Å²) in [5.74, 6) is -0.135. The molecule has 1 saturated heterocycles. The molecule has 0 aromatic rings. The molecule has 0 spiro atoms. The molecule has 1 amide bonds. The molecule has 6 N–H and O–H groups in total. The normalized spacial score (nSPS) is 18.8. The summed E-state index contributed by atoms with van der Waals surface area (Å²) in [6.45, 7) is 3.89. The van der Waals surface area contributed by atoms with Crippen LogP contribution in [0, 0.1) is 0 Å². The number of amides is 1. The average Bonchev–Trinajstić information content (AvgIpc) is 3.40. The number of carbonyl (C=O) groups is 1. The largest absolute Gasteiger partial charge is 0.394 e. The fourth-order valence-electron chi connectivity index (χ4n) is 11.2. The van der Waals surface area contributed by atoms with E-state index in [2.05, 4.69) is 19.2 Å². The summed E-state index contributed by atoms with van der Waals surface area (Å²) >= 11 is 0. The lowest BCUT2D eigenvalue weighted by molar-refractivity contribution is -0.302. The van der Waals surface area contributed by atoms with Gasteiger partial charge in [-0.2, -0.15) is 0 Å². The summed E-state index contributed by atoms with van der Waals surface area (Å²) in [4.78, 5) is 13.1. The van der Waals surface area contributed by atoms with E-state index in [0.717, 1.165) is 38.5 Å². The van der Waals surface area contributed by atoms with Crippen molar-refractivity contribution in [3.8, 4) is 0 Å². The van der Waals surface area contributed by atoms with Gasteiger partial charge in [0, 0.05) is 6.42 Å². The Hall–Kier alpha value is -0.810. The summed E-state index contributed by atoms with van der Waals surface area (Å²) in [7, 11) is 0. The third-order valence-electron chi connectivity index (χ3n) is 16.5. The van der Waals surface area contributed by atoms with Crippen molar-refractivity contribution in [3.05, 3.63) is 0 Å². The van der Waals surface area contributed by atoms with Crippen molar-refractivity contribution < 1.29 is 39.8 Å². The second kappa shape index (κ2) is 55.5. The van der Waals surface area contributed by atoms with Crippen molar-refractivity contribution in [3.63, 3.8) is 0 Å². The summed E-state index contributed by atoms with van der Waals surface area (Å²) in [5.41, 5.74) is 0. The minimum Gasteiger partial charge on any atom is -0.394 e. The molecule has 7 atom stereocenters. The van der Waals surface area contributed by atoms with Gasteiger partial charge in [-0.3, -0.25) is 4.79 Å². The van der Waals surface area contributed by atoms with E-state index in [0.29, 0.717) is 12.8 Å². The van der Waals surface area contributed by atoms with E-state index in [1.54, 1.807) is 0 Å². The summed E-state index contributed by atoms with van der Waals surface area (Å²) in [5, 5.41) is 54.8. The zero-order valence-corrected chi connectivity index (χ0v) is 49.4. The first kappa shape index (κ1) is 71.2. The molecule has 2 unspecified atom stereocenters. The first-order chi connectivity index (χ1) is 36.3. The number of aliphatic hydroxyl groups excluding tert-OH is 5. The van der Waals surface area contributed by atoms with Gasteiger partial charge in [-0.1, -0.05) is 335 Å². The second-order valence-corrected chi connectivity index (χ2v) is 23.6. The van der Waals surface area contributed by atoms with Crippen LogP contribution in [-0.4, -0.2) is 87.5 Å². The molecule has 0 aliphatic carbocycles. The maximum Gasteiger partial charge on any atom is 0.220 e. The van der Waals surface area contributed by atoms with Crippen LogP contribution in [0.2, 0.25) is 0 Å². The smallest absolute Gasteiger partial charge is 0.220 e. The highest BCUT2D eigenvalue weighted by Crippen LogP contribution is 2.24. The van der Waals surface area contributed by atoms with Crippen molar-refractivity contribution in [2.75, 3.05) is 13.2 Å². The lowest BCUT2D eigenvalue weighted by atomic mass is 9.99. The standard InChI is InChI=1S/C65H129NO8/c1-3-5-7-9-11-13-15-17-19-21-22-23-24-25-26-27-28-29-30-31-32-33-34-35-36-37-38-39-41-43-45-47-49-51-53-55-61(69)66-58(57-73-65-64(72)63(71)62(70)60(56-67)74-65)59(68)54-52-50-48-46-44-42-40-20-18-16-14-12-10-8-6-4-2/h58-60,62-65,67-68,70-72H,3-57H2,1-2H3,(H,66,69)/t58-,59+,60+,62-,63?,64?,65+/m0/s1. The number of aliphatic hydroxyl groups is 5.